The van der Waals surface area contributed by atoms with E-state index in [1.165, 1.54) is 7.11 Å². The Labute approximate surface area is 175 Å². The smallest absolute Gasteiger partial charge is 0.257 e. The molecule has 0 saturated carbocycles. The van der Waals surface area contributed by atoms with E-state index in [9.17, 15) is 9.59 Å². The molecule has 3 rings (SSSR count). The highest BCUT2D eigenvalue weighted by atomic mass is 79.9. The molecule has 2 amide bonds. The number of rotatable bonds is 5. The summed E-state index contributed by atoms with van der Waals surface area (Å²) in [5.74, 6) is 0.369. The van der Waals surface area contributed by atoms with Gasteiger partial charge in [0.15, 0.2) is 0 Å². The lowest BCUT2D eigenvalue weighted by molar-refractivity contribution is -0.126. The van der Waals surface area contributed by atoms with Gasteiger partial charge in [0.1, 0.15) is 5.75 Å². The monoisotopic (exact) mass is 470 g/mol. The second-order valence-electron chi connectivity index (χ2n) is 6.33. The molecular weight excluding hydrogens is 452 g/mol. The zero-order valence-electron chi connectivity index (χ0n) is 14.8. The number of piperidine rings is 1. The number of nitrogens with one attached hydrogen (secondary N) is 1. The van der Waals surface area contributed by atoms with Crippen LogP contribution in [0.2, 0.25) is 5.02 Å². The molecule has 0 spiro atoms. The van der Waals surface area contributed by atoms with Crippen molar-refractivity contribution in [2.45, 2.75) is 19.4 Å². The number of hydrogen-bond acceptors (Lipinski definition) is 4. The number of amides is 2. The third-order valence-corrected chi connectivity index (χ3v) is 6.47. The predicted octanol–water partition coefficient (Wildman–Crippen LogP) is 4.34. The number of hydrogen-bond donors (Lipinski definition) is 1. The maximum absolute atomic E-state index is 12.8. The normalized spacial score (nSPS) is 14.9. The van der Waals surface area contributed by atoms with E-state index in [0.29, 0.717) is 48.8 Å². The Hall–Kier alpha value is -1.57. The van der Waals surface area contributed by atoms with Crippen LogP contribution >= 0.6 is 38.9 Å². The minimum atomic E-state index is -0.114. The van der Waals surface area contributed by atoms with Crippen LogP contribution in [0.15, 0.2) is 34.1 Å². The highest BCUT2D eigenvalue weighted by molar-refractivity contribution is 9.11. The van der Waals surface area contributed by atoms with Gasteiger partial charge in [0.05, 0.1) is 23.0 Å². The van der Waals surface area contributed by atoms with E-state index in [1.54, 1.807) is 34.4 Å². The molecule has 27 heavy (non-hydrogen) atoms. The van der Waals surface area contributed by atoms with Gasteiger partial charge in [-0.1, -0.05) is 11.6 Å². The molecule has 8 heteroatoms. The first-order valence-corrected chi connectivity index (χ1v) is 10.6. The Morgan fingerprint density at radius 1 is 1.30 bits per heavy atom. The predicted molar refractivity (Wildman–Crippen MR) is 110 cm³/mol. The number of ether oxygens (including phenoxy) is 1. The van der Waals surface area contributed by atoms with E-state index >= 15 is 0 Å². The van der Waals surface area contributed by atoms with E-state index in [4.69, 9.17) is 16.3 Å². The SMILES string of the molecule is COc1ccc(Cl)cc1C(=O)N1CCC(C(=O)NCc2ccc(Br)s2)CC1. The van der Waals surface area contributed by atoms with Gasteiger partial charge >= 0.3 is 0 Å². The van der Waals surface area contributed by atoms with Crippen molar-refractivity contribution in [2.75, 3.05) is 20.2 Å². The summed E-state index contributed by atoms with van der Waals surface area (Å²) in [6.07, 6.45) is 1.29. The average molecular weight is 472 g/mol. The molecule has 0 atom stereocenters. The number of benzene rings is 1. The van der Waals surface area contributed by atoms with Crippen molar-refractivity contribution in [3.63, 3.8) is 0 Å². The first-order valence-electron chi connectivity index (χ1n) is 8.62. The molecule has 0 radical (unpaired) electrons. The number of likely N-dealkylation sites (tertiary alicyclic amines) is 1. The average Bonchev–Trinajstić information content (AvgIpc) is 3.11. The fourth-order valence-corrected chi connectivity index (χ4v) is 4.72. The number of carbonyl (C=O) groups is 2. The minimum Gasteiger partial charge on any atom is -0.496 e. The van der Waals surface area contributed by atoms with Crippen LogP contribution in [0.5, 0.6) is 5.75 Å². The van der Waals surface area contributed by atoms with Crippen LogP contribution in [0, 0.1) is 5.92 Å². The Balaban J connectivity index is 1.54. The molecule has 2 heterocycles. The molecule has 0 aliphatic carbocycles. The maximum Gasteiger partial charge on any atom is 0.257 e. The Bertz CT molecular complexity index is 834. The van der Waals surface area contributed by atoms with Gasteiger partial charge in [0.25, 0.3) is 5.91 Å². The summed E-state index contributed by atoms with van der Waals surface area (Å²) in [6, 6.07) is 8.98. The zero-order valence-corrected chi connectivity index (χ0v) is 18.0. The quantitative estimate of drug-likeness (QED) is 0.706. The van der Waals surface area contributed by atoms with Crippen molar-refractivity contribution in [2.24, 2.45) is 5.92 Å². The highest BCUT2D eigenvalue weighted by Crippen LogP contribution is 2.27. The lowest BCUT2D eigenvalue weighted by atomic mass is 9.95. The molecule has 1 aromatic carbocycles. The molecule has 2 aromatic rings. The van der Waals surface area contributed by atoms with E-state index in [1.807, 2.05) is 12.1 Å². The van der Waals surface area contributed by atoms with Crippen LogP contribution in [-0.2, 0) is 11.3 Å². The van der Waals surface area contributed by atoms with E-state index in [0.717, 1.165) is 8.66 Å². The number of halogens is 2. The molecule has 1 aliphatic heterocycles. The molecule has 1 saturated heterocycles. The topological polar surface area (TPSA) is 58.6 Å². The molecule has 1 aromatic heterocycles. The van der Waals surface area contributed by atoms with Crippen LogP contribution in [0.1, 0.15) is 28.1 Å². The van der Waals surface area contributed by atoms with Crippen LogP contribution in [0.25, 0.3) is 0 Å². The number of carbonyl (C=O) groups excluding carboxylic acids is 2. The molecule has 1 aliphatic rings. The molecular formula is C19H20BrClN2O3S. The van der Waals surface area contributed by atoms with E-state index < -0.39 is 0 Å². The van der Waals surface area contributed by atoms with Gasteiger partial charge in [-0.3, -0.25) is 9.59 Å². The summed E-state index contributed by atoms with van der Waals surface area (Å²) in [7, 11) is 1.53. The number of methoxy groups -OCH3 is 1. The lowest BCUT2D eigenvalue weighted by Crippen LogP contribution is -2.43. The third-order valence-electron chi connectivity index (χ3n) is 4.61. The molecule has 0 bridgehead atoms. The Kier molecular flexibility index (Phi) is 6.78. The molecule has 1 fully saturated rings. The highest BCUT2D eigenvalue weighted by Gasteiger charge is 2.29. The fraction of sp³-hybridized carbons (Fsp3) is 0.368. The summed E-state index contributed by atoms with van der Waals surface area (Å²) < 4.78 is 6.33. The van der Waals surface area contributed by atoms with Crippen LogP contribution in [0.3, 0.4) is 0 Å². The van der Waals surface area contributed by atoms with Crippen molar-refractivity contribution in [3.05, 3.63) is 49.6 Å². The van der Waals surface area contributed by atoms with Gasteiger partial charge in [0, 0.05) is 28.9 Å². The summed E-state index contributed by atoms with van der Waals surface area (Å²) in [6.45, 7) is 1.61. The lowest BCUT2D eigenvalue weighted by Gasteiger charge is -2.31. The van der Waals surface area contributed by atoms with Crippen LogP contribution in [0.4, 0.5) is 0 Å². The maximum atomic E-state index is 12.8. The van der Waals surface area contributed by atoms with E-state index in [-0.39, 0.29) is 17.7 Å². The van der Waals surface area contributed by atoms with Gasteiger partial charge in [0.2, 0.25) is 5.91 Å². The Morgan fingerprint density at radius 3 is 2.67 bits per heavy atom. The Morgan fingerprint density at radius 2 is 2.04 bits per heavy atom. The molecule has 0 unspecified atom stereocenters. The summed E-state index contributed by atoms with van der Waals surface area (Å²) in [5, 5.41) is 3.49. The van der Waals surface area contributed by atoms with Gasteiger partial charge < -0.3 is 15.0 Å². The van der Waals surface area contributed by atoms with Crippen LogP contribution < -0.4 is 10.1 Å². The van der Waals surface area contributed by atoms with Crippen molar-refractivity contribution in [1.82, 2.24) is 10.2 Å². The summed E-state index contributed by atoms with van der Waals surface area (Å²) in [5.41, 5.74) is 0.455. The van der Waals surface area contributed by atoms with Gasteiger partial charge in [-0.2, -0.15) is 0 Å². The summed E-state index contributed by atoms with van der Waals surface area (Å²) >= 11 is 11.1. The number of nitrogens with zero attached hydrogens (tertiary/aromatic N) is 1. The first kappa shape index (κ1) is 20.2. The number of thiophene rings is 1. The van der Waals surface area contributed by atoms with Crippen molar-refractivity contribution < 1.29 is 14.3 Å². The van der Waals surface area contributed by atoms with Crippen molar-refractivity contribution in [1.29, 1.82) is 0 Å². The second-order valence-corrected chi connectivity index (χ2v) is 9.32. The molecule has 144 valence electrons. The van der Waals surface area contributed by atoms with Gasteiger partial charge in [-0.15, -0.1) is 11.3 Å². The minimum absolute atomic E-state index is 0.0481. The van der Waals surface area contributed by atoms with E-state index in [2.05, 4.69) is 21.2 Å². The first-order chi connectivity index (χ1) is 13.0. The molecule has 5 nitrogen and oxygen atoms in total. The van der Waals surface area contributed by atoms with Crippen molar-refractivity contribution in [3.8, 4) is 5.75 Å². The standard InChI is InChI=1S/C19H20BrClN2O3S/c1-26-16-4-2-13(21)10-15(16)19(25)23-8-6-12(7-9-23)18(24)22-11-14-3-5-17(20)27-14/h2-5,10,12H,6-9,11H2,1H3,(H,22,24). The van der Waals surface area contributed by atoms with Crippen molar-refractivity contribution >= 4 is 50.7 Å². The molecule has 1 N–H and O–H groups in total. The zero-order chi connectivity index (χ0) is 19.4. The summed E-state index contributed by atoms with van der Waals surface area (Å²) in [4.78, 5) is 28.1. The second kappa shape index (κ2) is 9.08. The van der Waals surface area contributed by atoms with Gasteiger partial charge in [-0.05, 0) is 59.1 Å². The van der Waals surface area contributed by atoms with Crippen LogP contribution in [-0.4, -0.2) is 36.9 Å². The fourth-order valence-electron chi connectivity index (χ4n) is 3.13. The van der Waals surface area contributed by atoms with Gasteiger partial charge in [-0.25, -0.2) is 0 Å². The third kappa shape index (κ3) is 5.03. The largest absolute Gasteiger partial charge is 0.496 e.